The fourth-order valence-electron chi connectivity index (χ4n) is 2.76. The minimum atomic E-state index is -0.294. The lowest BCUT2D eigenvalue weighted by molar-refractivity contribution is -0.133. The van der Waals surface area contributed by atoms with Gasteiger partial charge in [0.1, 0.15) is 0 Å². The van der Waals surface area contributed by atoms with E-state index in [9.17, 15) is 9.59 Å². The molecule has 0 spiro atoms. The second-order valence-electron chi connectivity index (χ2n) is 5.85. The van der Waals surface area contributed by atoms with E-state index in [1.165, 1.54) is 6.26 Å². The number of furan rings is 1. The Bertz CT molecular complexity index is 689. The summed E-state index contributed by atoms with van der Waals surface area (Å²) in [6.45, 7) is 5.11. The molecule has 3 rings (SSSR count). The first-order valence-corrected chi connectivity index (χ1v) is 8.09. The first-order chi connectivity index (χ1) is 11.6. The zero-order valence-corrected chi connectivity index (χ0v) is 13.6. The number of amides is 2. The molecule has 2 N–H and O–H groups in total. The number of anilines is 1. The standard InChI is InChI=1S/C18H21N3O3/c1-13(18(23)21-10-8-19-9-11-21)14-4-6-15(7-5-14)20-17(22)16-3-2-12-24-16/h2-7,12-13,19H,8-11H2,1H3,(H,20,22). The minimum absolute atomic E-state index is 0.142. The number of piperazine rings is 1. The molecule has 0 aliphatic carbocycles. The Morgan fingerprint density at radius 3 is 2.50 bits per heavy atom. The molecule has 1 saturated heterocycles. The molecule has 6 heteroatoms. The van der Waals surface area contributed by atoms with Gasteiger partial charge < -0.3 is 20.0 Å². The van der Waals surface area contributed by atoms with E-state index in [0.29, 0.717) is 5.69 Å². The lowest BCUT2D eigenvalue weighted by Gasteiger charge is -2.30. The summed E-state index contributed by atoms with van der Waals surface area (Å²) in [5.41, 5.74) is 1.61. The third kappa shape index (κ3) is 3.65. The van der Waals surface area contributed by atoms with Crippen LogP contribution in [0.5, 0.6) is 0 Å². The largest absolute Gasteiger partial charge is 0.459 e. The number of carbonyl (C=O) groups excluding carboxylic acids is 2. The highest BCUT2D eigenvalue weighted by Crippen LogP contribution is 2.21. The van der Waals surface area contributed by atoms with E-state index < -0.39 is 0 Å². The van der Waals surface area contributed by atoms with Crippen molar-refractivity contribution in [2.24, 2.45) is 0 Å². The number of rotatable bonds is 4. The zero-order valence-electron chi connectivity index (χ0n) is 13.6. The SMILES string of the molecule is CC(C(=O)N1CCNCC1)c1ccc(NC(=O)c2ccco2)cc1. The van der Waals surface area contributed by atoms with E-state index in [0.717, 1.165) is 31.7 Å². The Morgan fingerprint density at radius 2 is 1.88 bits per heavy atom. The van der Waals surface area contributed by atoms with Gasteiger partial charge in [-0.1, -0.05) is 12.1 Å². The fourth-order valence-corrected chi connectivity index (χ4v) is 2.76. The Morgan fingerprint density at radius 1 is 1.17 bits per heavy atom. The summed E-state index contributed by atoms with van der Waals surface area (Å²) < 4.78 is 5.06. The van der Waals surface area contributed by atoms with Crippen molar-refractivity contribution in [3.8, 4) is 0 Å². The molecule has 1 aliphatic rings. The van der Waals surface area contributed by atoms with E-state index in [2.05, 4.69) is 10.6 Å². The Hall–Kier alpha value is -2.60. The zero-order chi connectivity index (χ0) is 16.9. The Labute approximate surface area is 140 Å². The molecule has 1 fully saturated rings. The molecule has 1 atom stereocenters. The Balaban J connectivity index is 1.63. The van der Waals surface area contributed by atoms with Crippen molar-refractivity contribution >= 4 is 17.5 Å². The lowest BCUT2D eigenvalue weighted by Crippen LogP contribution is -2.47. The molecule has 1 aromatic carbocycles. The molecule has 2 heterocycles. The molecule has 24 heavy (non-hydrogen) atoms. The van der Waals surface area contributed by atoms with E-state index >= 15 is 0 Å². The van der Waals surface area contributed by atoms with Crippen LogP contribution in [0, 0.1) is 0 Å². The van der Waals surface area contributed by atoms with Crippen molar-refractivity contribution in [1.29, 1.82) is 0 Å². The van der Waals surface area contributed by atoms with Gasteiger partial charge >= 0.3 is 0 Å². The predicted octanol–water partition coefficient (Wildman–Crippen LogP) is 2.07. The van der Waals surface area contributed by atoms with E-state index in [1.807, 2.05) is 24.0 Å². The van der Waals surface area contributed by atoms with E-state index in [-0.39, 0.29) is 23.5 Å². The van der Waals surface area contributed by atoms with E-state index in [4.69, 9.17) is 4.42 Å². The highest BCUT2D eigenvalue weighted by molar-refractivity contribution is 6.02. The number of hydrogen-bond donors (Lipinski definition) is 2. The molecule has 0 radical (unpaired) electrons. The smallest absolute Gasteiger partial charge is 0.291 e. The van der Waals surface area contributed by atoms with Crippen LogP contribution in [-0.4, -0.2) is 42.9 Å². The van der Waals surface area contributed by atoms with Gasteiger partial charge in [-0.15, -0.1) is 0 Å². The van der Waals surface area contributed by atoms with Gasteiger partial charge in [-0.3, -0.25) is 9.59 Å². The monoisotopic (exact) mass is 327 g/mol. The number of benzene rings is 1. The lowest BCUT2D eigenvalue weighted by atomic mass is 9.99. The summed E-state index contributed by atoms with van der Waals surface area (Å²) in [5, 5.41) is 6.01. The molecule has 1 aliphatic heterocycles. The third-order valence-corrected chi connectivity index (χ3v) is 4.21. The van der Waals surface area contributed by atoms with Crippen molar-refractivity contribution in [2.75, 3.05) is 31.5 Å². The van der Waals surface area contributed by atoms with Gasteiger partial charge in [0.2, 0.25) is 5.91 Å². The molecule has 6 nitrogen and oxygen atoms in total. The molecule has 0 saturated carbocycles. The van der Waals surface area contributed by atoms with Gasteiger partial charge in [-0.2, -0.15) is 0 Å². The minimum Gasteiger partial charge on any atom is -0.459 e. The number of nitrogens with zero attached hydrogens (tertiary/aromatic N) is 1. The van der Waals surface area contributed by atoms with Crippen molar-refractivity contribution in [1.82, 2.24) is 10.2 Å². The van der Waals surface area contributed by atoms with Crippen LogP contribution in [0.25, 0.3) is 0 Å². The van der Waals surface area contributed by atoms with Crippen LogP contribution in [0.2, 0.25) is 0 Å². The summed E-state index contributed by atoms with van der Waals surface area (Å²) in [5.74, 6) is -0.0826. The maximum Gasteiger partial charge on any atom is 0.291 e. The fraction of sp³-hybridized carbons (Fsp3) is 0.333. The normalized spacial score (nSPS) is 15.8. The molecule has 0 bridgehead atoms. The van der Waals surface area contributed by atoms with Crippen LogP contribution < -0.4 is 10.6 Å². The summed E-state index contributed by atoms with van der Waals surface area (Å²) in [7, 11) is 0. The van der Waals surface area contributed by atoms with Crippen LogP contribution in [0.1, 0.15) is 29.0 Å². The van der Waals surface area contributed by atoms with Crippen LogP contribution in [0.15, 0.2) is 47.1 Å². The van der Waals surface area contributed by atoms with Gasteiger partial charge in [-0.25, -0.2) is 0 Å². The van der Waals surface area contributed by atoms with Gasteiger partial charge in [0.05, 0.1) is 12.2 Å². The van der Waals surface area contributed by atoms with Gasteiger partial charge in [0.15, 0.2) is 5.76 Å². The average molecular weight is 327 g/mol. The first-order valence-electron chi connectivity index (χ1n) is 8.09. The van der Waals surface area contributed by atoms with Crippen molar-refractivity contribution in [3.05, 3.63) is 54.0 Å². The molecule has 126 valence electrons. The Kier molecular flexibility index (Phi) is 4.96. The maximum absolute atomic E-state index is 12.5. The molecule has 1 unspecified atom stereocenters. The highest BCUT2D eigenvalue weighted by atomic mass is 16.3. The topological polar surface area (TPSA) is 74.6 Å². The first kappa shape index (κ1) is 16.3. The van der Waals surface area contributed by atoms with Crippen LogP contribution in [-0.2, 0) is 4.79 Å². The summed E-state index contributed by atoms with van der Waals surface area (Å²) in [6.07, 6.45) is 1.46. The second-order valence-corrected chi connectivity index (χ2v) is 5.85. The van der Waals surface area contributed by atoms with Crippen molar-refractivity contribution in [3.63, 3.8) is 0 Å². The number of hydrogen-bond acceptors (Lipinski definition) is 4. The van der Waals surface area contributed by atoms with Crippen molar-refractivity contribution in [2.45, 2.75) is 12.8 Å². The predicted molar refractivity (Wildman–Crippen MR) is 91.0 cm³/mol. The molecular formula is C18H21N3O3. The molecular weight excluding hydrogens is 306 g/mol. The quantitative estimate of drug-likeness (QED) is 0.901. The average Bonchev–Trinajstić information content (AvgIpc) is 3.17. The molecule has 2 aromatic rings. The summed E-state index contributed by atoms with van der Waals surface area (Å²) in [4.78, 5) is 26.4. The van der Waals surface area contributed by atoms with Crippen LogP contribution in [0.3, 0.4) is 0 Å². The van der Waals surface area contributed by atoms with Gasteiger partial charge in [0.25, 0.3) is 5.91 Å². The highest BCUT2D eigenvalue weighted by Gasteiger charge is 2.23. The number of carbonyl (C=O) groups is 2. The summed E-state index contributed by atoms with van der Waals surface area (Å²) >= 11 is 0. The van der Waals surface area contributed by atoms with Crippen LogP contribution >= 0.6 is 0 Å². The van der Waals surface area contributed by atoms with E-state index in [1.54, 1.807) is 24.3 Å². The molecule has 2 amide bonds. The third-order valence-electron chi connectivity index (χ3n) is 4.21. The number of nitrogens with one attached hydrogen (secondary N) is 2. The van der Waals surface area contributed by atoms with Gasteiger partial charge in [0, 0.05) is 31.9 Å². The second kappa shape index (κ2) is 7.31. The van der Waals surface area contributed by atoms with Crippen LogP contribution in [0.4, 0.5) is 5.69 Å². The van der Waals surface area contributed by atoms with Gasteiger partial charge in [-0.05, 0) is 36.8 Å². The molecule has 1 aromatic heterocycles. The summed E-state index contributed by atoms with van der Waals surface area (Å²) in [6, 6.07) is 10.6. The van der Waals surface area contributed by atoms with Crippen molar-refractivity contribution < 1.29 is 14.0 Å². The maximum atomic E-state index is 12.5.